The second-order valence-electron chi connectivity index (χ2n) is 3.90. The number of para-hydroxylation sites is 1. The Morgan fingerprint density at radius 1 is 1.32 bits per heavy atom. The number of carboxylic acids is 1. The molecule has 6 nitrogen and oxygen atoms in total. The Bertz CT molecular complexity index is 676. The van der Waals surface area contributed by atoms with Crippen LogP contribution in [0.4, 0.5) is 0 Å². The highest BCUT2D eigenvalue weighted by atomic mass is 32.2. The van der Waals surface area contributed by atoms with E-state index in [4.69, 9.17) is 10.2 Å². The monoisotopic (exact) mass is 281 g/mol. The van der Waals surface area contributed by atoms with Crippen LogP contribution in [-0.4, -0.2) is 26.9 Å². The summed E-state index contributed by atoms with van der Waals surface area (Å²) in [5.74, 6) is -2.24. The molecule has 1 aromatic carbocycles. The number of hydrogen-bond acceptors (Lipinski definition) is 4. The zero-order valence-electron chi connectivity index (χ0n) is 9.79. The minimum Gasteiger partial charge on any atom is -0.478 e. The Hall–Kier alpha value is -2.15. The summed E-state index contributed by atoms with van der Waals surface area (Å²) in [4.78, 5) is 21.9. The van der Waals surface area contributed by atoms with Gasteiger partial charge in [0.25, 0.3) is 0 Å². The molecule has 2 aromatic rings. The molecule has 1 heterocycles. The van der Waals surface area contributed by atoms with Gasteiger partial charge in [-0.3, -0.25) is 9.00 Å². The number of nitrogens with two attached hydrogens (primary N) is 1. The van der Waals surface area contributed by atoms with E-state index in [9.17, 15) is 18.9 Å². The van der Waals surface area contributed by atoms with Crippen molar-refractivity contribution in [3.63, 3.8) is 0 Å². The van der Waals surface area contributed by atoms with Crippen LogP contribution in [0.1, 0.15) is 16.1 Å². The summed E-state index contributed by atoms with van der Waals surface area (Å²) >= 11 is 0. The van der Waals surface area contributed by atoms with Crippen molar-refractivity contribution in [3.05, 3.63) is 35.6 Å². The van der Waals surface area contributed by atoms with Crippen LogP contribution in [0.15, 0.2) is 28.7 Å². The van der Waals surface area contributed by atoms with E-state index in [-0.39, 0.29) is 22.8 Å². The van der Waals surface area contributed by atoms with Crippen molar-refractivity contribution in [2.24, 2.45) is 5.73 Å². The average molecular weight is 281 g/mol. The van der Waals surface area contributed by atoms with Crippen LogP contribution in [-0.2, 0) is 21.3 Å². The number of carbonyl (C=O) groups excluding carboxylic acids is 1. The van der Waals surface area contributed by atoms with Crippen molar-refractivity contribution in [2.75, 3.05) is 5.75 Å². The molecule has 1 amide bonds. The van der Waals surface area contributed by atoms with E-state index in [2.05, 4.69) is 0 Å². The summed E-state index contributed by atoms with van der Waals surface area (Å²) in [7, 11) is -1.59. The molecule has 1 atom stereocenters. The van der Waals surface area contributed by atoms with Crippen LogP contribution in [0, 0.1) is 0 Å². The Labute approximate surface area is 110 Å². The number of aromatic carboxylic acids is 1. The number of furan rings is 1. The number of fused-ring (bicyclic) bond motifs is 1. The predicted octanol–water partition coefficient (Wildman–Crippen LogP) is 0.865. The number of carboxylic acid groups (broad SMARTS) is 1. The maximum atomic E-state index is 11.6. The first-order valence-electron chi connectivity index (χ1n) is 5.36. The summed E-state index contributed by atoms with van der Waals surface area (Å²) in [6.07, 6.45) is 0. The fourth-order valence-electron chi connectivity index (χ4n) is 1.79. The van der Waals surface area contributed by atoms with Crippen LogP contribution in [0.3, 0.4) is 0 Å². The van der Waals surface area contributed by atoms with Gasteiger partial charge >= 0.3 is 5.97 Å². The molecule has 0 aliphatic heterocycles. The Kier molecular flexibility index (Phi) is 3.66. The molecule has 19 heavy (non-hydrogen) atoms. The number of rotatable bonds is 5. The van der Waals surface area contributed by atoms with Crippen LogP contribution < -0.4 is 5.73 Å². The van der Waals surface area contributed by atoms with Crippen LogP contribution in [0.2, 0.25) is 0 Å². The first kappa shape index (κ1) is 13.3. The SMILES string of the molecule is NC(=O)CS(=O)Cc1oc2ccccc2c1C(=O)O. The second kappa shape index (κ2) is 5.23. The van der Waals surface area contributed by atoms with Gasteiger partial charge in [0, 0.05) is 16.2 Å². The van der Waals surface area contributed by atoms with Gasteiger partial charge in [-0.2, -0.15) is 0 Å². The molecule has 0 spiro atoms. The summed E-state index contributed by atoms with van der Waals surface area (Å²) in [6, 6.07) is 6.64. The second-order valence-corrected chi connectivity index (χ2v) is 5.35. The summed E-state index contributed by atoms with van der Waals surface area (Å²) < 4.78 is 17.0. The zero-order chi connectivity index (χ0) is 14.0. The number of hydrogen-bond donors (Lipinski definition) is 2. The summed E-state index contributed by atoms with van der Waals surface area (Å²) in [5.41, 5.74) is 5.33. The van der Waals surface area contributed by atoms with Crippen molar-refractivity contribution in [2.45, 2.75) is 5.75 Å². The third-order valence-corrected chi connectivity index (χ3v) is 3.67. The normalized spacial score (nSPS) is 12.4. The van der Waals surface area contributed by atoms with E-state index in [1.807, 2.05) is 0 Å². The molecule has 0 fully saturated rings. The highest BCUT2D eigenvalue weighted by Gasteiger charge is 2.21. The average Bonchev–Trinajstić information content (AvgIpc) is 2.64. The highest BCUT2D eigenvalue weighted by Crippen LogP contribution is 2.26. The fourth-order valence-corrected chi connectivity index (χ4v) is 2.70. The fraction of sp³-hybridized carbons (Fsp3) is 0.167. The quantitative estimate of drug-likeness (QED) is 0.844. The predicted molar refractivity (Wildman–Crippen MR) is 69.1 cm³/mol. The molecule has 0 saturated heterocycles. The number of carbonyl (C=O) groups is 2. The van der Waals surface area contributed by atoms with Gasteiger partial charge in [0.15, 0.2) is 0 Å². The maximum Gasteiger partial charge on any atom is 0.339 e. The molecule has 1 unspecified atom stereocenters. The van der Waals surface area contributed by atoms with Crippen molar-refractivity contribution < 1.29 is 23.3 Å². The van der Waals surface area contributed by atoms with Gasteiger partial charge in [-0.1, -0.05) is 18.2 Å². The van der Waals surface area contributed by atoms with E-state index >= 15 is 0 Å². The van der Waals surface area contributed by atoms with Gasteiger partial charge in [0.1, 0.15) is 22.7 Å². The molecule has 0 bridgehead atoms. The van der Waals surface area contributed by atoms with Gasteiger partial charge in [-0.25, -0.2) is 4.79 Å². The smallest absolute Gasteiger partial charge is 0.339 e. The number of primary amides is 1. The van der Waals surface area contributed by atoms with Gasteiger partial charge in [0.05, 0.1) is 5.75 Å². The molecule has 0 radical (unpaired) electrons. The van der Waals surface area contributed by atoms with Crippen LogP contribution in [0.25, 0.3) is 11.0 Å². The van der Waals surface area contributed by atoms with Crippen molar-refractivity contribution in [1.29, 1.82) is 0 Å². The number of benzene rings is 1. The molecular formula is C12H11NO5S. The van der Waals surface area contributed by atoms with E-state index in [1.54, 1.807) is 24.3 Å². The van der Waals surface area contributed by atoms with Gasteiger partial charge in [-0.15, -0.1) is 0 Å². The highest BCUT2D eigenvalue weighted by molar-refractivity contribution is 7.84. The third-order valence-electron chi connectivity index (χ3n) is 2.48. The minimum atomic E-state index is -1.59. The van der Waals surface area contributed by atoms with Gasteiger partial charge in [0.2, 0.25) is 5.91 Å². The van der Waals surface area contributed by atoms with Gasteiger partial charge in [-0.05, 0) is 6.07 Å². The lowest BCUT2D eigenvalue weighted by molar-refractivity contribution is -0.115. The molecular weight excluding hydrogens is 270 g/mol. The molecule has 2 rings (SSSR count). The first-order valence-corrected chi connectivity index (χ1v) is 6.85. The molecule has 1 aromatic heterocycles. The van der Waals surface area contributed by atoms with Crippen molar-refractivity contribution in [1.82, 2.24) is 0 Å². The van der Waals surface area contributed by atoms with E-state index in [1.165, 1.54) is 0 Å². The van der Waals surface area contributed by atoms with E-state index in [0.717, 1.165) is 0 Å². The van der Waals surface area contributed by atoms with E-state index < -0.39 is 22.7 Å². The molecule has 0 saturated carbocycles. The lowest BCUT2D eigenvalue weighted by atomic mass is 10.1. The maximum absolute atomic E-state index is 11.6. The minimum absolute atomic E-state index is 0.0200. The third kappa shape index (κ3) is 2.82. The standard InChI is InChI=1S/C12H11NO5S/c13-10(14)6-19(17)5-9-11(12(15)16)7-3-1-2-4-8(7)18-9/h1-4H,5-6H2,(H2,13,14)(H,15,16). The van der Waals surface area contributed by atoms with Crippen molar-refractivity contribution in [3.8, 4) is 0 Å². The summed E-state index contributed by atoms with van der Waals surface area (Å²) in [5, 5.41) is 9.64. The van der Waals surface area contributed by atoms with Crippen LogP contribution in [0.5, 0.6) is 0 Å². The molecule has 7 heteroatoms. The first-order chi connectivity index (χ1) is 8.99. The lowest BCUT2D eigenvalue weighted by Crippen LogP contribution is -2.20. The molecule has 0 aliphatic carbocycles. The Morgan fingerprint density at radius 3 is 2.63 bits per heavy atom. The molecule has 100 valence electrons. The van der Waals surface area contributed by atoms with Crippen LogP contribution >= 0.6 is 0 Å². The van der Waals surface area contributed by atoms with E-state index in [0.29, 0.717) is 11.0 Å². The Morgan fingerprint density at radius 2 is 2.00 bits per heavy atom. The van der Waals surface area contributed by atoms with Gasteiger partial charge < -0.3 is 15.3 Å². The van der Waals surface area contributed by atoms with Crippen molar-refractivity contribution >= 4 is 33.6 Å². The largest absolute Gasteiger partial charge is 0.478 e. The summed E-state index contributed by atoms with van der Waals surface area (Å²) in [6.45, 7) is 0. The lowest BCUT2D eigenvalue weighted by Gasteiger charge is -1.98. The number of amides is 1. The zero-order valence-corrected chi connectivity index (χ0v) is 10.6. The molecule has 0 aliphatic rings. The topological polar surface area (TPSA) is 111 Å². The Balaban J connectivity index is 2.42. The molecule has 3 N–H and O–H groups in total.